The van der Waals surface area contributed by atoms with Crippen molar-refractivity contribution in [3.63, 3.8) is 0 Å². The fourth-order valence-electron chi connectivity index (χ4n) is 3.46. The SMILES string of the molecule is CCCC1CCC(NC(C)c2ccc(OC)cc2F)CC1. The number of hydrogen-bond donors (Lipinski definition) is 1. The lowest BCUT2D eigenvalue weighted by Crippen LogP contribution is -2.35. The second-order valence-corrected chi connectivity index (χ2v) is 6.28. The van der Waals surface area contributed by atoms with E-state index in [9.17, 15) is 4.39 Å². The third kappa shape index (κ3) is 4.44. The number of hydrogen-bond acceptors (Lipinski definition) is 2. The molecular weight excluding hydrogens is 265 g/mol. The number of halogens is 1. The lowest BCUT2D eigenvalue weighted by atomic mass is 9.83. The quantitative estimate of drug-likeness (QED) is 0.810. The maximum absolute atomic E-state index is 14.1. The third-order valence-electron chi connectivity index (χ3n) is 4.70. The van der Waals surface area contributed by atoms with Crippen molar-refractivity contribution in [1.29, 1.82) is 0 Å². The van der Waals surface area contributed by atoms with Crippen LogP contribution < -0.4 is 10.1 Å². The summed E-state index contributed by atoms with van der Waals surface area (Å²) < 4.78 is 19.1. The molecule has 1 unspecified atom stereocenters. The number of benzene rings is 1. The standard InChI is InChI=1S/C18H28FNO/c1-4-5-14-6-8-15(9-7-14)20-13(2)17-11-10-16(21-3)12-18(17)19/h10-15,20H,4-9H2,1-3H3. The van der Waals surface area contributed by atoms with E-state index in [2.05, 4.69) is 12.2 Å². The molecule has 1 saturated carbocycles. The number of nitrogens with one attached hydrogen (secondary N) is 1. The molecule has 0 heterocycles. The molecule has 1 aromatic rings. The molecule has 1 atom stereocenters. The van der Waals surface area contributed by atoms with Crippen molar-refractivity contribution >= 4 is 0 Å². The molecule has 3 heteroatoms. The van der Waals surface area contributed by atoms with E-state index in [1.54, 1.807) is 7.11 Å². The van der Waals surface area contributed by atoms with E-state index in [0.717, 1.165) is 11.5 Å². The van der Waals surface area contributed by atoms with Crippen LogP contribution in [-0.2, 0) is 0 Å². The van der Waals surface area contributed by atoms with E-state index < -0.39 is 0 Å². The van der Waals surface area contributed by atoms with Crippen molar-refractivity contribution in [2.45, 2.75) is 64.5 Å². The fourth-order valence-corrected chi connectivity index (χ4v) is 3.46. The first-order chi connectivity index (χ1) is 10.1. The van der Waals surface area contributed by atoms with Crippen molar-refractivity contribution < 1.29 is 9.13 Å². The minimum atomic E-state index is -0.186. The minimum absolute atomic E-state index is 0.0450. The summed E-state index contributed by atoms with van der Waals surface area (Å²) in [5.41, 5.74) is 0.728. The van der Waals surface area contributed by atoms with Gasteiger partial charge in [0.25, 0.3) is 0 Å². The Bertz CT molecular complexity index is 441. The van der Waals surface area contributed by atoms with Crippen molar-refractivity contribution in [2.75, 3.05) is 7.11 Å². The average Bonchev–Trinajstić information content (AvgIpc) is 2.49. The van der Waals surface area contributed by atoms with E-state index in [1.807, 2.05) is 19.1 Å². The van der Waals surface area contributed by atoms with Gasteiger partial charge < -0.3 is 10.1 Å². The normalized spacial score (nSPS) is 23.8. The Kier molecular flexibility index (Phi) is 6.04. The van der Waals surface area contributed by atoms with Gasteiger partial charge in [-0.3, -0.25) is 0 Å². The summed E-state index contributed by atoms with van der Waals surface area (Å²) in [5, 5.41) is 3.60. The van der Waals surface area contributed by atoms with Crippen LogP contribution in [0.2, 0.25) is 0 Å². The first kappa shape index (κ1) is 16.3. The summed E-state index contributed by atoms with van der Waals surface area (Å²) >= 11 is 0. The summed E-state index contributed by atoms with van der Waals surface area (Å²) in [4.78, 5) is 0. The van der Waals surface area contributed by atoms with Crippen LogP contribution in [0.15, 0.2) is 18.2 Å². The van der Waals surface area contributed by atoms with Gasteiger partial charge >= 0.3 is 0 Å². The van der Waals surface area contributed by atoms with E-state index in [1.165, 1.54) is 44.6 Å². The number of methoxy groups -OCH3 is 1. The number of rotatable bonds is 6. The molecule has 0 aromatic heterocycles. The largest absolute Gasteiger partial charge is 0.497 e. The Morgan fingerprint density at radius 1 is 1.29 bits per heavy atom. The molecule has 1 fully saturated rings. The van der Waals surface area contributed by atoms with Crippen LogP contribution in [0.1, 0.15) is 64.0 Å². The van der Waals surface area contributed by atoms with Crippen molar-refractivity contribution in [1.82, 2.24) is 5.32 Å². The summed E-state index contributed by atoms with van der Waals surface area (Å²) in [6.07, 6.45) is 7.69. The Balaban J connectivity index is 1.89. The zero-order chi connectivity index (χ0) is 15.2. The van der Waals surface area contributed by atoms with Crippen LogP contribution in [0.3, 0.4) is 0 Å². The summed E-state index contributed by atoms with van der Waals surface area (Å²) in [6, 6.07) is 5.69. The third-order valence-corrected chi connectivity index (χ3v) is 4.70. The molecule has 0 amide bonds. The van der Waals surface area contributed by atoms with Crippen molar-refractivity contribution in [3.8, 4) is 5.75 Å². The molecule has 118 valence electrons. The van der Waals surface area contributed by atoms with Gasteiger partial charge in [-0.2, -0.15) is 0 Å². The van der Waals surface area contributed by atoms with Gasteiger partial charge in [0.2, 0.25) is 0 Å². The van der Waals surface area contributed by atoms with E-state index in [4.69, 9.17) is 4.74 Å². The molecule has 1 aromatic carbocycles. The van der Waals surface area contributed by atoms with E-state index in [-0.39, 0.29) is 11.9 Å². The zero-order valence-corrected chi connectivity index (χ0v) is 13.5. The Morgan fingerprint density at radius 3 is 2.57 bits per heavy atom. The highest BCUT2D eigenvalue weighted by Crippen LogP contribution is 2.29. The van der Waals surface area contributed by atoms with Crippen molar-refractivity contribution in [2.24, 2.45) is 5.92 Å². The monoisotopic (exact) mass is 293 g/mol. The van der Waals surface area contributed by atoms with Gasteiger partial charge in [-0.1, -0.05) is 25.8 Å². The van der Waals surface area contributed by atoms with Gasteiger partial charge in [0.15, 0.2) is 0 Å². The second-order valence-electron chi connectivity index (χ2n) is 6.28. The highest BCUT2D eigenvalue weighted by molar-refractivity contribution is 5.30. The van der Waals surface area contributed by atoms with Gasteiger partial charge in [0, 0.05) is 23.7 Å². The maximum Gasteiger partial charge on any atom is 0.131 e. The topological polar surface area (TPSA) is 21.3 Å². The molecule has 2 nitrogen and oxygen atoms in total. The van der Waals surface area contributed by atoms with Crippen LogP contribution in [-0.4, -0.2) is 13.2 Å². The van der Waals surface area contributed by atoms with E-state index in [0.29, 0.717) is 11.8 Å². The molecular formula is C18H28FNO. The molecule has 2 rings (SSSR count). The lowest BCUT2D eigenvalue weighted by Gasteiger charge is -2.31. The summed E-state index contributed by atoms with van der Waals surface area (Å²) in [5.74, 6) is 1.29. The summed E-state index contributed by atoms with van der Waals surface area (Å²) in [6.45, 7) is 4.31. The first-order valence-corrected chi connectivity index (χ1v) is 8.23. The van der Waals surface area contributed by atoms with Crippen LogP contribution in [0.4, 0.5) is 4.39 Å². The molecule has 0 aliphatic heterocycles. The maximum atomic E-state index is 14.1. The highest BCUT2D eigenvalue weighted by Gasteiger charge is 2.22. The van der Waals surface area contributed by atoms with E-state index >= 15 is 0 Å². The Hall–Kier alpha value is -1.09. The van der Waals surface area contributed by atoms with Gasteiger partial charge in [-0.25, -0.2) is 4.39 Å². The average molecular weight is 293 g/mol. The fraction of sp³-hybridized carbons (Fsp3) is 0.667. The van der Waals surface area contributed by atoms with Crippen LogP contribution in [0, 0.1) is 11.7 Å². The van der Waals surface area contributed by atoms with Crippen molar-refractivity contribution in [3.05, 3.63) is 29.6 Å². The number of ether oxygens (including phenoxy) is 1. The second kappa shape index (κ2) is 7.79. The molecule has 0 bridgehead atoms. The predicted octanol–water partition coefficient (Wildman–Crippen LogP) is 4.84. The smallest absolute Gasteiger partial charge is 0.131 e. The van der Waals surface area contributed by atoms with Crippen LogP contribution >= 0.6 is 0 Å². The Labute approximate surface area is 128 Å². The van der Waals surface area contributed by atoms with Crippen LogP contribution in [0.5, 0.6) is 5.75 Å². The van der Waals surface area contributed by atoms with Gasteiger partial charge in [-0.15, -0.1) is 0 Å². The molecule has 0 spiro atoms. The Morgan fingerprint density at radius 2 is 2.00 bits per heavy atom. The molecule has 0 radical (unpaired) electrons. The molecule has 1 aliphatic rings. The zero-order valence-electron chi connectivity index (χ0n) is 13.5. The first-order valence-electron chi connectivity index (χ1n) is 8.23. The molecule has 21 heavy (non-hydrogen) atoms. The minimum Gasteiger partial charge on any atom is -0.497 e. The highest BCUT2D eigenvalue weighted by atomic mass is 19.1. The molecule has 0 saturated heterocycles. The predicted molar refractivity (Wildman–Crippen MR) is 85.2 cm³/mol. The van der Waals surface area contributed by atoms with Gasteiger partial charge in [-0.05, 0) is 44.6 Å². The van der Waals surface area contributed by atoms with Gasteiger partial charge in [0.1, 0.15) is 11.6 Å². The lowest BCUT2D eigenvalue weighted by molar-refractivity contribution is 0.265. The van der Waals surface area contributed by atoms with Gasteiger partial charge in [0.05, 0.1) is 7.11 Å². The van der Waals surface area contributed by atoms with Crippen LogP contribution in [0.25, 0.3) is 0 Å². The molecule has 1 aliphatic carbocycles. The summed E-state index contributed by atoms with van der Waals surface area (Å²) in [7, 11) is 1.56. The molecule has 1 N–H and O–H groups in total.